The maximum atomic E-state index is 5.88. The highest BCUT2D eigenvalue weighted by atomic mass is 35.5. The second kappa shape index (κ2) is 7.33. The molecule has 0 saturated heterocycles. The highest BCUT2D eigenvalue weighted by Gasteiger charge is 2.09. The van der Waals surface area contributed by atoms with Gasteiger partial charge in [-0.15, -0.1) is 10.2 Å². The molecule has 0 fully saturated rings. The van der Waals surface area contributed by atoms with Crippen molar-refractivity contribution in [3.8, 4) is 22.9 Å². The largest absolute Gasteiger partial charge is 0.416 e. The van der Waals surface area contributed by atoms with E-state index in [1.165, 1.54) is 0 Å². The summed E-state index contributed by atoms with van der Waals surface area (Å²) in [6, 6.07) is 24.9. The lowest BCUT2D eigenvalue weighted by Gasteiger charge is -1.97. The smallest absolute Gasteiger partial charge is 0.248 e. The van der Waals surface area contributed by atoms with Crippen LogP contribution < -0.4 is 0 Å². The van der Waals surface area contributed by atoms with E-state index < -0.39 is 0 Å². The molecule has 4 rings (SSSR count). The predicted octanol–water partition coefficient (Wildman–Crippen LogP) is 5.81. The quantitative estimate of drug-likeness (QED) is 0.432. The number of benzene rings is 3. The van der Waals surface area contributed by atoms with Gasteiger partial charge in [-0.3, -0.25) is 4.99 Å². The van der Waals surface area contributed by atoms with Crippen molar-refractivity contribution in [1.29, 1.82) is 0 Å². The molecular weight excluding hydrogens is 346 g/mol. The van der Waals surface area contributed by atoms with Gasteiger partial charge in [0.1, 0.15) is 0 Å². The highest BCUT2D eigenvalue weighted by Crippen LogP contribution is 2.25. The third-order valence-corrected chi connectivity index (χ3v) is 4.04. The first-order valence-electron chi connectivity index (χ1n) is 8.07. The summed E-state index contributed by atoms with van der Waals surface area (Å²) in [6.07, 6.45) is 1.80. The van der Waals surface area contributed by atoms with Crippen LogP contribution >= 0.6 is 11.6 Å². The van der Waals surface area contributed by atoms with E-state index in [0.717, 1.165) is 22.4 Å². The van der Waals surface area contributed by atoms with Gasteiger partial charge in [0.2, 0.25) is 11.8 Å². The van der Waals surface area contributed by atoms with Gasteiger partial charge >= 0.3 is 0 Å². The van der Waals surface area contributed by atoms with Crippen LogP contribution in [-0.4, -0.2) is 16.4 Å². The second-order valence-electron chi connectivity index (χ2n) is 5.64. The molecule has 3 aromatic carbocycles. The van der Waals surface area contributed by atoms with E-state index in [9.17, 15) is 0 Å². The molecule has 5 heteroatoms. The van der Waals surface area contributed by atoms with Crippen LogP contribution in [0.5, 0.6) is 0 Å². The van der Waals surface area contributed by atoms with Crippen molar-refractivity contribution in [2.24, 2.45) is 4.99 Å². The first-order chi connectivity index (χ1) is 12.8. The number of hydrogen-bond donors (Lipinski definition) is 0. The van der Waals surface area contributed by atoms with E-state index >= 15 is 0 Å². The van der Waals surface area contributed by atoms with Crippen LogP contribution in [0.25, 0.3) is 22.9 Å². The minimum absolute atomic E-state index is 0.483. The van der Waals surface area contributed by atoms with Gasteiger partial charge in [0.15, 0.2) is 0 Å². The molecule has 0 atom stereocenters. The molecule has 0 aliphatic heterocycles. The zero-order chi connectivity index (χ0) is 17.8. The van der Waals surface area contributed by atoms with Crippen molar-refractivity contribution in [2.75, 3.05) is 0 Å². The molecule has 0 saturated carbocycles. The highest BCUT2D eigenvalue weighted by molar-refractivity contribution is 6.30. The number of nitrogens with zero attached hydrogens (tertiary/aromatic N) is 3. The Bertz CT molecular complexity index is 1020. The Hall–Kier alpha value is -3.24. The van der Waals surface area contributed by atoms with Gasteiger partial charge in [0, 0.05) is 22.4 Å². The zero-order valence-corrected chi connectivity index (χ0v) is 14.5. The summed E-state index contributed by atoms with van der Waals surface area (Å²) >= 11 is 5.88. The third-order valence-electron chi connectivity index (χ3n) is 3.79. The van der Waals surface area contributed by atoms with Crippen molar-refractivity contribution in [3.63, 3.8) is 0 Å². The SMILES string of the molecule is Clc1ccc(C=Nc2ccc(-c3nnc(-c4ccccc4)o3)cc2)cc1. The molecule has 26 heavy (non-hydrogen) atoms. The van der Waals surface area contributed by atoms with Gasteiger partial charge in [0.05, 0.1) is 5.69 Å². The summed E-state index contributed by atoms with van der Waals surface area (Å²) in [7, 11) is 0. The molecule has 1 aromatic heterocycles. The van der Waals surface area contributed by atoms with Gasteiger partial charge < -0.3 is 4.42 Å². The van der Waals surface area contributed by atoms with Crippen molar-refractivity contribution in [1.82, 2.24) is 10.2 Å². The standard InChI is InChI=1S/C21H14ClN3O/c22-18-10-6-15(7-11-18)14-23-19-12-8-17(9-13-19)21-25-24-20(26-21)16-4-2-1-3-5-16/h1-14H. The van der Waals surface area contributed by atoms with Crippen LogP contribution in [-0.2, 0) is 0 Å². The Morgan fingerprint density at radius 1 is 0.731 bits per heavy atom. The van der Waals surface area contributed by atoms with Crippen LogP contribution in [0.1, 0.15) is 5.56 Å². The zero-order valence-electron chi connectivity index (χ0n) is 13.7. The molecule has 0 spiro atoms. The van der Waals surface area contributed by atoms with E-state index in [-0.39, 0.29) is 0 Å². The van der Waals surface area contributed by atoms with Crippen LogP contribution in [0.15, 0.2) is 88.3 Å². The molecule has 0 amide bonds. The number of rotatable bonds is 4. The van der Waals surface area contributed by atoms with Gasteiger partial charge in [-0.1, -0.05) is 41.9 Å². The van der Waals surface area contributed by atoms with Gasteiger partial charge in [0.25, 0.3) is 0 Å². The van der Waals surface area contributed by atoms with E-state index in [4.69, 9.17) is 16.0 Å². The molecule has 1 heterocycles. The number of aromatic nitrogens is 2. The average Bonchev–Trinajstić information content (AvgIpc) is 3.19. The maximum absolute atomic E-state index is 5.88. The summed E-state index contributed by atoms with van der Waals surface area (Å²) in [5.74, 6) is 0.988. The normalized spacial score (nSPS) is 11.1. The average molecular weight is 360 g/mol. The summed E-state index contributed by atoms with van der Waals surface area (Å²) in [5.41, 5.74) is 3.58. The van der Waals surface area contributed by atoms with Crippen LogP contribution in [0.3, 0.4) is 0 Å². The maximum Gasteiger partial charge on any atom is 0.248 e. The molecule has 0 N–H and O–H groups in total. The van der Waals surface area contributed by atoms with Gasteiger partial charge in [-0.05, 0) is 54.1 Å². The molecule has 0 aliphatic carbocycles. The molecule has 4 aromatic rings. The fourth-order valence-electron chi connectivity index (χ4n) is 2.43. The number of halogens is 1. The lowest BCUT2D eigenvalue weighted by Crippen LogP contribution is -1.80. The Kier molecular flexibility index (Phi) is 4.58. The monoisotopic (exact) mass is 359 g/mol. The van der Waals surface area contributed by atoms with Crippen molar-refractivity contribution in [2.45, 2.75) is 0 Å². The minimum atomic E-state index is 0.483. The Morgan fingerprint density at radius 3 is 2.00 bits per heavy atom. The molecule has 126 valence electrons. The minimum Gasteiger partial charge on any atom is -0.416 e. The van der Waals surface area contributed by atoms with Crippen molar-refractivity contribution < 1.29 is 4.42 Å². The van der Waals surface area contributed by atoms with E-state index in [2.05, 4.69) is 15.2 Å². The predicted molar refractivity (Wildman–Crippen MR) is 104 cm³/mol. The summed E-state index contributed by atoms with van der Waals surface area (Å²) in [4.78, 5) is 4.46. The fourth-order valence-corrected chi connectivity index (χ4v) is 2.55. The Morgan fingerprint density at radius 2 is 1.35 bits per heavy atom. The van der Waals surface area contributed by atoms with Gasteiger partial charge in [-0.25, -0.2) is 0 Å². The first kappa shape index (κ1) is 16.2. The lowest BCUT2D eigenvalue weighted by molar-refractivity contribution is 0.584. The van der Waals surface area contributed by atoms with Crippen LogP contribution in [0.4, 0.5) is 5.69 Å². The van der Waals surface area contributed by atoms with Crippen molar-refractivity contribution >= 4 is 23.5 Å². The molecule has 0 bridgehead atoms. The van der Waals surface area contributed by atoms with E-state index in [1.807, 2.05) is 78.9 Å². The van der Waals surface area contributed by atoms with E-state index in [0.29, 0.717) is 16.8 Å². The Labute approximate surface area is 155 Å². The van der Waals surface area contributed by atoms with Crippen LogP contribution in [0, 0.1) is 0 Å². The van der Waals surface area contributed by atoms with Crippen molar-refractivity contribution in [3.05, 3.63) is 89.4 Å². The lowest BCUT2D eigenvalue weighted by atomic mass is 10.2. The summed E-state index contributed by atoms with van der Waals surface area (Å²) < 4.78 is 5.76. The molecule has 0 radical (unpaired) electrons. The molecule has 0 aliphatic rings. The number of hydrogen-bond acceptors (Lipinski definition) is 4. The molecule has 0 unspecified atom stereocenters. The second-order valence-corrected chi connectivity index (χ2v) is 6.07. The summed E-state index contributed by atoms with van der Waals surface area (Å²) in [6.45, 7) is 0. The fraction of sp³-hybridized carbons (Fsp3) is 0. The van der Waals surface area contributed by atoms with Gasteiger partial charge in [-0.2, -0.15) is 0 Å². The Balaban J connectivity index is 1.51. The van der Waals surface area contributed by atoms with E-state index in [1.54, 1.807) is 6.21 Å². The first-order valence-corrected chi connectivity index (χ1v) is 8.45. The third kappa shape index (κ3) is 3.71. The topological polar surface area (TPSA) is 51.3 Å². The molecular formula is C21H14ClN3O. The molecule has 4 nitrogen and oxygen atoms in total. The summed E-state index contributed by atoms with van der Waals surface area (Å²) in [5, 5.41) is 8.95. The number of aliphatic imine (C=N–C) groups is 1. The van der Waals surface area contributed by atoms with Crippen LogP contribution in [0.2, 0.25) is 5.02 Å².